The van der Waals surface area contributed by atoms with Gasteiger partial charge >= 0.3 is 0 Å². The van der Waals surface area contributed by atoms with Crippen LogP contribution in [0, 0.1) is 0 Å². The first kappa shape index (κ1) is 22.5. The minimum Gasteiger partial charge on any atom is -0.495 e. The maximum atomic E-state index is 13.2. The summed E-state index contributed by atoms with van der Waals surface area (Å²) in [5, 5.41) is 0.326. The highest BCUT2D eigenvalue weighted by Gasteiger charge is 2.29. The molecule has 0 saturated carbocycles. The zero-order chi connectivity index (χ0) is 21.9. The summed E-state index contributed by atoms with van der Waals surface area (Å²) < 4.78 is 65.8. The predicted molar refractivity (Wildman–Crippen MR) is 117 cm³/mol. The van der Waals surface area contributed by atoms with Crippen LogP contribution < -0.4 is 18.5 Å². The lowest BCUT2D eigenvalue weighted by Crippen LogP contribution is -2.37. The van der Waals surface area contributed by atoms with Crippen LogP contribution in [0.25, 0.3) is 0 Å². The molecule has 11 heteroatoms. The second-order valence-electron chi connectivity index (χ2n) is 6.61. The quantitative estimate of drug-likeness (QED) is 0.659. The summed E-state index contributed by atoms with van der Waals surface area (Å²) in [6.07, 6.45) is 1.28. The number of benzene rings is 2. The van der Waals surface area contributed by atoms with Gasteiger partial charge in [-0.2, -0.15) is 0 Å². The van der Waals surface area contributed by atoms with Crippen molar-refractivity contribution in [2.24, 2.45) is 0 Å². The summed E-state index contributed by atoms with van der Waals surface area (Å²) in [4.78, 5) is -0.176. The molecule has 2 aromatic rings. The molecule has 1 N–H and O–H groups in total. The summed E-state index contributed by atoms with van der Waals surface area (Å²) in [7, 11) is -6.24. The molecular formula is C19H23ClN2O6S2. The Morgan fingerprint density at radius 1 is 1.13 bits per heavy atom. The number of rotatable bonds is 7. The minimum absolute atomic E-state index is 0.0280. The third-order valence-electron chi connectivity index (χ3n) is 4.56. The van der Waals surface area contributed by atoms with Crippen LogP contribution >= 0.6 is 11.6 Å². The van der Waals surface area contributed by atoms with Gasteiger partial charge in [0, 0.05) is 11.6 Å². The third kappa shape index (κ3) is 4.76. The second-order valence-corrected chi connectivity index (χ2v) is 10.7. The van der Waals surface area contributed by atoms with Gasteiger partial charge in [0.2, 0.25) is 10.0 Å². The van der Waals surface area contributed by atoms with E-state index in [0.717, 1.165) is 0 Å². The maximum absolute atomic E-state index is 13.2. The molecule has 2 aromatic carbocycles. The lowest BCUT2D eigenvalue weighted by molar-refractivity contribution is 0.331. The Hall–Kier alpha value is -2.17. The number of halogens is 1. The summed E-state index contributed by atoms with van der Waals surface area (Å²) in [6.45, 7) is 2.27. The molecule has 1 saturated heterocycles. The highest BCUT2D eigenvalue weighted by molar-refractivity contribution is 7.93. The molecule has 1 heterocycles. The van der Waals surface area contributed by atoms with Crippen LogP contribution in [-0.2, 0) is 20.0 Å². The fourth-order valence-corrected chi connectivity index (χ4v) is 6.21. The van der Waals surface area contributed by atoms with Crippen LogP contribution in [0.2, 0.25) is 5.02 Å². The van der Waals surface area contributed by atoms with E-state index >= 15 is 0 Å². The van der Waals surface area contributed by atoms with Gasteiger partial charge in [-0.1, -0.05) is 11.6 Å². The first-order chi connectivity index (χ1) is 14.2. The molecule has 0 amide bonds. The molecule has 0 radical (unpaired) electrons. The number of nitrogens with one attached hydrogen (secondary N) is 1. The Kier molecular flexibility index (Phi) is 6.68. The van der Waals surface area contributed by atoms with Gasteiger partial charge < -0.3 is 9.47 Å². The third-order valence-corrected chi connectivity index (χ3v) is 8.05. The van der Waals surface area contributed by atoms with E-state index in [1.54, 1.807) is 25.1 Å². The lowest BCUT2D eigenvalue weighted by Gasteiger charge is -2.29. The van der Waals surface area contributed by atoms with Crippen molar-refractivity contribution in [3.63, 3.8) is 0 Å². The van der Waals surface area contributed by atoms with Gasteiger partial charge in [-0.3, -0.25) is 9.03 Å². The SMILES string of the molecule is CCOc1ccc(N2CCCCS2(=O)=O)cc1S(=O)(=O)Nc1cc(Cl)ccc1OC. The van der Waals surface area contributed by atoms with Crippen LogP contribution in [0.3, 0.4) is 0 Å². The molecule has 1 fully saturated rings. The molecular weight excluding hydrogens is 452 g/mol. The highest BCUT2D eigenvalue weighted by atomic mass is 35.5. The summed E-state index contributed by atoms with van der Waals surface area (Å²) in [5.41, 5.74) is 0.431. The molecule has 30 heavy (non-hydrogen) atoms. The molecule has 164 valence electrons. The molecule has 1 aliphatic heterocycles. The normalized spacial score (nSPS) is 16.2. The zero-order valence-electron chi connectivity index (χ0n) is 16.6. The Morgan fingerprint density at radius 3 is 2.53 bits per heavy atom. The van der Waals surface area contributed by atoms with Crippen LogP contribution in [0.1, 0.15) is 19.8 Å². The number of ether oxygens (including phenoxy) is 2. The number of sulfonamides is 2. The molecule has 0 unspecified atom stereocenters. The van der Waals surface area contributed by atoms with E-state index in [1.165, 1.54) is 29.6 Å². The maximum Gasteiger partial charge on any atom is 0.265 e. The predicted octanol–water partition coefficient (Wildman–Crippen LogP) is 3.48. The fraction of sp³-hybridized carbons (Fsp3) is 0.368. The van der Waals surface area contributed by atoms with Crippen molar-refractivity contribution in [3.8, 4) is 11.5 Å². The number of methoxy groups -OCH3 is 1. The molecule has 0 atom stereocenters. The van der Waals surface area contributed by atoms with Crippen LogP contribution in [0.15, 0.2) is 41.3 Å². The Balaban J connectivity index is 2.07. The topological polar surface area (TPSA) is 102 Å². The average Bonchev–Trinajstić information content (AvgIpc) is 2.68. The summed E-state index contributed by atoms with van der Waals surface area (Å²) >= 11 is 6.00. The van der Waals surface area contributed by atoms with E-state index in [9.17, 15) is 16.8 Å². The molecule has 8 nitrogen and oxygen atoms in total. The summed E-state index contributed by atoms with van der Waals surface area (Å²) in [6, 6.07) is 8.87. The van der Waals surface area contributed by atoms with Gasteiger partial charge in [-0.25, -0.2) is 16.8 Å². The van der Waals surface area contributed by atoms with Crippen molar-refractivity contribution in [1.29, 1.82) is 0 Å². The van der Waals surface area contributed by atoms with Crippen molar-refractivity contribution >= 4 is 43.0 Å². The number of anilines is 2. The second kappa shape index (κ2) is 8.91. The standard InChI is InChI=1S/C19H23ClN2O6S2/c1-3-28-18-9-7-15(22-10-4-5-11-29(22,23)24)13-19(18)30(25,26)21-16-12-14(20)6-8-17(16)27-2/h6-9,12-13,21H,3-5,10-11H2,1-2H3. The number of hydrogen-bond acceptors (Lipinski definition) is 6. The van der Waals surface area contributed by atoms with Crippen molar-refractivity contribution in [1.82, 2.24) is 0 Å². The smallest absolute Gasteiger partial charge is 0.265 e. The molecule has 3 rings (SSSR count). The van der Waals surface area contributed by atoms with E-state index in [4.69, 9.17) is 21.1 Å². The largest absolute Gasteiger partial charge is 0.495 e. The van der Waals surface area contributed by atoms with E-state index in [1.807, 2.05) is 0 Å². The van der Waals surface area contributed by atoms with Crippen LogP contribution in [0.5, 0.6) is 11.5 Å². The summed E-state index contributed by atoms with van der Waals surface area (Å²) in [5.74, 6) is 0.431. The minimum atomic E-state index is -4.15. The number of nitrogens with zero attached hydrogens (tertiary/aromatic N) is 1. The molecule has 1 aliphatic rings. The Labute approximate surface area is 181 Å². The van der Waals surface area contributed by atoms with E-state index in [0.29, 0.717) is 24.4 Å². The van der Waals surface area contributed by atoms with E-state index in [2.05, 4.69) is 4.72 Å². The van der Waals surface area contributed by atoms with E-state index < -0.39 is 20.0 Å². The van der Waals surface area contributed by atoms with Gasteiger partial charge in [0.1, 0.15) is 16.4 Å². The van der Waals surface area contributed by atoms with Crippen molar-refractivity contribution < 1.29 is 26.3 Å². The number of hydrogen-bond donors (Lipinski definition) is 1. The van der Waals surface area contributed by atoms with Gasteiger partial charge in [0.05, 0.1) is 30.8 Å². The monoisotopic (exact) mass is 474 g/mol. The Morgan fingerprint density at radius 2 is 1.87 bits per heavy atom. The highest BCUT2D eigenvalue weighted by Crippen LogP contribution is 2.35. The van der Waals surface area contributed by atoms with Crippen LogP contribution in [0.4, 0.5) is 11.4 Å². The first-order valence-electron chi connectivity index (χ1n) is 9.31. The van der Waals surface area contributed by atoms with Gasteiger partial charge in [-0.15, -0.1) is 0 Å². The van der Waals surface area contributed by atoms with Crippen molar-refractivity contribution in [3.05, 3.63) is 41.4 Å². The fourth-order valence-electron chi connectivity index (χ4n) is 3.18. The van der Waals surface area contributed by atoms with Gasteiger partial charge in [-0.05, 0) is 56.2 Å². The van der Waals surface area contributed by atoms with E-state index in [-0.39, 0.29) is 40.1 Å². The van der Waals surface area contributed by atoms with Gasteiger partial charge in [0.25, 0.3) is 10.0 Å². The van der Waals surface area contributed by atoms with Crippen molar-refractivity contribution in [2.45, 2.75) is 24.7 Å². The Bertz CT molecular complexity index is 1140. The van der Waals surface area contributed by atoms with Crippen molar-refractivity contribution in [2.75, 3.05) is 35.0 Å². The average molecular weight is 475 g/mol. The molecule has 0 aliphatic carbocycles. The molecule has 0 spiro atoms. The molecule has 0 aromatic heterocycles. The van der Waals surface area contributed by atoms with Gasteiger partial charge in [0.15, 0.2) is 0 Å². The van der Waals surface area contributed by atoms with Crippen LogP contribution in [-0.4, -0.2) is 42.8 Å². The zero-order valence-corrected chi connectivity index (χ0v) is 19.0. The lowest BCUT2D eigenvalue weighted by atomic mass is 10.2. The molecule has 0 bridgehead atoms. The first-order valence-corrected chi connectivity index (χ1v) is 12.8.